The van der Waals surface area contributed by atoms with Gasteiger partial charge in [-0.2, -0.15) is 0 Å². The average molecular weight is 250 g/mol. The first-order valence-corrected chi connectivity index (χ1v) is 7.69. The molecule has 1 atom stereocenters. The minimum absolute atomic E-state index is 0.173. The van der Waals surface area contributed by atoms with Gasteiger partial charge in [0.1, 0.15) is 0 Å². The normalized spacial score (nSPS) is 14.1. The topological polar surface area (TPSA) is 65.7 Å². The molecule has 0 radical (unpaired) electrons. The Morgan fingerprint density at radius 3 is 2.12 bits per heavy atom. The molecule has 0 fully saturated rings. The lowest BCUT2D eigenvalue weighted by Crippen LogP contribution is -2.44. The van der Waals surface area contributed by atoms with Crippen molar-refractivity contribution in [3.8, 4) is 0 Å². The smallest absolute Gasteiger partial charge is 0.377 e. The van der Waals surface area contributed by atoms with Crippen LogP contribution in [0.4, 0.5) is 0 Å². The summed E-state index contributed by atoms with van der Waals surface area (Å²) in [6.45, 7) is 4.03. The van der Waals surface area contributed by atoms with Crippen molar-refractivity contribution in [3.63, 3.8) is 0 Å². The Hall–Kier alpha value is 0.0169. The third-order valence-electron chi connectivity index (χ3n) is 2.70. The molecular formula is C10H26N2O3Si. The standard InChI is InChI=1S/C10H26N2O3Si/c1-5-12-8-6-10(11)7-9-16(13-2,14-3)15-4/h10,12H,5-9,11H2,1-4H3. The fraction of sp³-hybridized carbons (Fsp3) is 1.00. The Bertz CT molecular complexity index is 160. The first kappa shape index (κ1) is 16.0. The Labute approximate surface area is 100 Å². The molecule has 0 aliphatic rings. The Morgan fingerprint density at radius 2 is 1.69 bits per heavy atom. The van der Waals surface area contributed by atoms with Crippen molar-refractivity contribution in [2.75, 3.05) is 34.4 Å². The van der Waals surface area contributed by atoms with E-state index in [9.17, 15) is 0 Å². The van der Waals surface area contributed by atoms with Crippen molar-refractivity contribution in [3.05, 3.63) is 0 Å². The molecule has 0 rings (SSSR count). The Balaban J connectivity index is 3.82. The second kappa shape index (κ2) is 9.09. The lowest BCUT2D eigenvalue weighted by Gasteiger charge is -2.25. The molecule has 6 heteroatoms. The molecule has 0 saturated heterocycles. The summed E-state index contributed by atoms with van der Waals surface area (Å²) in [6, 6.07) is 0.940. The van der Waals surface area contributed by atoms with Gasteiger partial charge in [-0.05, 0) is 25.9 Å². The molecule has 0 aliphatic carbocycles. The number of hydrogen-bond acceptors (Lipinski definition) is 5. The van der Waals surface area contributed by atoms with Crippen LogP contribution in [0.1, 0.15) is 19.8 Å². The SMILES string of the molecule is CCNCCC(N)CC[Si](OC)(OC)OC. The summed E-state index contributed by atoms with van der Waals surface area (Å²) in [4.78, 5) is 0. The quantitative estimate of drug-likeness (QED) is 0.439. The Kier molecular flexibility index (Phi) is 9.10. The van der Waals surface area contributed by atoms with Crippen LogP contribution >= 0.6 is 0 Å². The Morgan fingerprint density at radius 1 is 1.12 bits per heavy atom. The molecule has 1 unspecified atom stereocenters. The van der Waals surface area contributed by atoms with Gasteiger partial charge >= 0.3 is 8.80 Å². The monoisotopic (exact) mass is 250 g/mol. The summed E-state index contributed by atoms with van der Waals surface area (Å²) >= 11 is 0. The maximum atomic E-state index is 6.00. The summed E-state index contributed by atoms with van der Waals surface area (Å²) in [7, 11) is 2.46. The molecule has 0 aromatic rings. The molecule has 0 bridgehead atoms. The third kappa shape index (κ3) is 5.93. The molecule has 3 N–H and O–H groups in total. The van der Waals surface area contributed by atoms with Gasteiger partial charge in [0.05, 0.1) is 0 Å². The molecular weight excluding hydrogens is 224 g/mol. The maximum Gasteiger partial charge on any atom is 0.500 e. The van der Waals surface area contributed by atoms with Crippen molar-refractivity contribution >= 4 is 8.80 Å². The van der Waals surface area contributed by atoms with E-state index in [4.69, 9.17) is 19.0 Å². The van der Waals surface area contributed by atoms with Gasteiger partial charge in [0.15, 0.2) is 0 Å². The molecule has 0 aromatic heterocycles. The van der Waals surface area contributed by atoms with Crippen LogP contribution in [0.2, 0.25) is 6.04 Å². The van der Waals surface area contributed by atoms with Crippen LogP contribution in [0.15, 0.2) is 0 Å². The molecule has 0 amide bonds. The van der Waals surface area contributed by atoms with E-state index < -0.39 is 8.80 Å². The van der Waals surface area contributed by atoms with Crippen LogP contribution in [-0.4, -0.2) is 49.3 Å². The number of rotatable bonds is 10. The van der Waals surface area contributed by atoms with Crippen LogP contribution in [0.25, 0.3) is 0 Å². The number of nitrogens with two attached hydrogens (primary N) is 1. The van der Waals surface area contributed by atoms with Gasteiger partial charge in [0.25, 0.3) is 0 Å². The van der Waals surface area contributed by atoms with E-state index in [0.29, 0.717) is 0 Å². The van der Waals surface area contributed by atoms with Crippen molar-refractivity contribution in [1.29, 1.82) is 0 Å². The minimum atomic E-state index is -2.43. The van der Waals surface area contributed by atoms with Gasteiger partial charge < -0.3 is 24.3 Å². The molecule has 98 valence electrons. The summed E-state index contributed by atoms with van der Waals surface area (Å²) in [5, 5.41) is 3.26. The zero-order chi connectivity index (χ0) is 12.4. The maximum absolute atomic E-state index is 6.00. The zero-order valence-corrected chi connectivity index (χ0v) is 11.9. The van der Waals surface area contributed by atoms with E-state index in [1.807, 2.05) is 0 Å². The molecule has 5 nitrogen and oxygen atoms in total. The van der Waals surface area contributed by atoms with Crippen molar-refractivity contribution in [2.45, 2.75) is 31.9 Å². The van der Waals surface area contributed by atoms with Crippen LogP contribution < -0.4 is 11.1 Å². The van der Waals surface area contributed by atoms with Gasteiger partial charge in [-0.25, -0.2) is 0 Å². The van der Waals surface area contributed by atoms with Crippen LogP contribution in [0.5, 0.6) is 0 Å². The van der Waals surface area contributed by atoms with Crippen molar-refractivity contribution in [1.82, 2.24) is 5.32 Å². The van der Waals surface area contributed by atoms with Gasteiger partial charge in [-0.1, -0.05) is 6.92 Å². The van der Waals surface area contributed by atoms with Crippen LogP contribution in [0, 0.1) is 0 Å². The molecule has 0 saturated carbocycles. The summed E-state index contributed by atoms with van der Waals surface area (Å²) in [5.41, 5.74) is 6.00. The molecule has 0 aliphatic heterocycles. The van der Waals surface area contributed by atoms with E-state index in [0.717, 1.165) is 32.0 Å². The zero-order valence-electron chi connectivity index (χ0n) is 10.9. The van der Waals surface area contributed by atoms with E-state index in [-0.39, 0.29) is 6.04 Å². The summed E-state index contributed by atoms with van der Waals surface area (Å²) < 4.78 is 16.0. The minimum Gasteiger partial charge on any atom is -0.377 e. The van der Waals surface area contributed by atoms with Crippen LogP contribution in [0.3, 0.4) is 0 Å². The lowest BCUT2D eigenvalue weighted by molar-refractivity contribution is 0.122. The largest absolute Gasteiger partial charge is 0.500 e. The van der Waals surface area contributed by atoms with Crippen LogP contribution in [-0.2, 0) is 13.3 Å². The highest BCUT2D eigenvalue weighted by Gasteiger charge is 2.37. The molecule has 0 spiro atoms. The second-order valence-electron chi connectivity index (χ2n) is 3.74. The summed E-state index contributed by atoms with van der Waals surface area (Å²) in [6.07, 6.45) is 1.84. The van der Waals surface area contributed by atoms with Crippen molar-refractivity contribution < 1.29 is 13.3 Å². The summed E-state index contributed by atoms with van der Waals surface area (Å²) in [5.74, 6) is 0. The van der Waals surface area contributed by atoms with Crippen molar-refractivity contribution in [2.24, 2.45) is 5.73 Å². The fourth-order valence-corrected chi connectivity index (χ4v) is 3.36. The van der Waals surface area contributed by atoms with Gasteiger partial charge in [0.2, 0.25) is 0 Å². The second-order valence-corrected chi connectivity index (χ2v) is 6.83. The fourth-order valence-electron chi connectivity index (χ4n) is 1.53. The highest BCUT2D eigenvalue weighted by Crippen LogP contribution is 2.16. The molecule has 0 aromatic carbocycles. The molecule has 0 heterocycles. The third-order valence-corrected chi connectivity index (χ3v) is 5.46. The van der Waals surface area contributed by atoms with Gasteiger partial charge in [-0.3, -0.25) is 0 Å². The van der Waals surface area contributed by atoms with Gasteiger partial charge in [0, 0.05) is 33.4 Å². The van der Waals surface area contributed by atoms with Gasteiger partial charge in [-0.15, -0.1) is 0 Å². The lowest BCUT2D eigenvalue weighted by atomic mass is 10.2. The molecule has 16 heavy (non-hydrogen) atoms. The van der Waals surface area contributed by atoms with E-state index in [1.54, 1.807) is 21.3 Å². The number of hydrogen-bond donors (Lipinski definition) is 2. The first-order valence-electron chi connectivity index (χ1n) is 5.75. The highest BCUT2D eigenvalue weighted by atomic mass is 28.4. The van der Waals surface area contributed by atoms with E-state index >= 15 is 0 Å². The highest BCUT2D eigenvalue weighted by molar-refractivity contribution is 6.60. The number of nitrogens with one attached hydrogen (secondary N) is 1. The van der Waals surface area contributed by atoms with E-state index in [1.165, 1.54) is 0 Å². The predicted octanol–water partition coefficient (Wildman–Crippen LogP) is 0.581. The van der Waals surface area contributed by atoms with E-state index in [2.05, 4.69) is 12.2 Å². The first-order chi connectivity index (χ1) is 7.64. The average Bonchev–Trinajstić information content (AvgIpc) is 2.32. The predicted molar refractivity (Wildman–Crippen MR) is 67.3 cm³/mol.